The summed E-state index contributed by atoms with van der Waals surface area (Å²) in [5.74, 6) is -0.262. The molecule has 0 spiro atoms. The minimum Gasteiger partial charge on any atom is -0.482 e. The van der Waals surface area contributed by atoms with E-state index in [1.54, 1.807) is 30.3 Å². The van der Waals surface area contributed by atoms with Crippen molar-refractivity contribution in [1.82, 2.24) is 0 Å². The van der Waals surface area contributed by atoms with Gasteiger partial charge in [0.2, 0.25) is 0 Å². The lowest BCUT2D eigenvalue weighted by atomic mass is 10.2. The molecule has 0 fully saturated rings. The molecule has 6 heteroatoms. The number of rotatable bonds is 5. The van der Waals surface area contributed by atoms with Crippen LogP contribution >= 0.6 is 15.9 Å². The van der Waals surface area contributed by atoms with Crippen LogP contribution in [0.1, 0.15) is 11.1 Å². The van der Waals surface area contributed by atoms with Crippen molar-refractivity contribution < 1.29 is 14.1 Å². The molecule has 2 rings (SSSR count). The van der Waals surface area contributed by atoms with Crippen LogP contribution < -0.4 is 4.74 Å². The van der Waals surface area contributed by atoms with Gasteiger partial charge in [-0.25, -0.2) is 4.39 Å². The maximum atomic E-state index is 13.5. The van der Waals surface area contributed by atoms with E-state index in [4.69, 9.17) is 4.74 Å². The van der Waals surface area contributed by atoms with Crippen LogP contribution in [0.4, 0.5) is 10.1 Å². The first-order valence-electron chi connectivity index (χ1n) is 5.81. The van der Waals surface area contributed by atoms with E-state index in [0.717, 1.165) is 5.56 Å². The van der Waals surface area contributed by atoms with Crippen molar-refractivity contribution in [3.8, 4) is 5.75 Å². The molecular weight excluding hydrogens is 329 g/mol. The minimum absolute atomic E-state index is 0.0563. The second-order valence-electron chi connectivity index (χ2n) is 4.07. The van der Waals surface area contributed by atoms with Crippen molar-refractivity contribution in [3.05, 3.63) is 69.5 Å². The third-order valence-electron chi connectivity index (χ3n) is 2.72. The predicted octanol–water partition coefficient (Wildman–Crippen LogP) is 4.21. The molecule has 0 radical (unpaired) electrons. The summed E-state index contributed by atoms with van der Waals surface area (Å²) in [6, 6.07) is 10.8. The Morgan fingerprint density at radius 2 is 2.00 bits per heavy atom. The lowest BCUT2D eigenvalue weighted by molar-refractivity contribution is -0.386. The number of hydrogen-bond acceptors (Lipinski definition) is 3. The summed E-state index contributed by atoms with van der Waals surface area (Å²) < 4.78 is 18.9. The van der Waals surface area contributed by atoms with E-state index in [1.165, 1.54) is 12.1 Å². The largest absolute Gasteiger partial charge is 0.482 e. The zero-order valence-electron chi connectivity index (χ0n) is 10.4. The van der Waals surface area contributed by atoms with Crippen molar-refractivity contribution in [2.45, 2.75) is 11.9 Å². The van der Waals surface area contributed by atoms with Gasteiger partial charge in [-0.1, -0.05) is 40.2 Å². The number of hydrogen-bond donors (Lipinski definition) is 0. The molecule has 0 saturated carbocycles. The Balaban J connectivity index is 2.24. The zero-order chi connectivity index (χ0) is 14.5. The van der Waals surface area contributed by atoms with Crippen LogP contribution in [0.25, 0.3) is 0 Å². The Morgan fingerprint density at radius 1 is 1.25 bits per heavy atom. The van der Waals surface area contributed by atoms with Gasteiger partial charge in [-0.3, -0.25) is 10.1 Å². The van der Waals surface area contributed by atoms with Gasteiger partial charge in [-0.05, 0) is 17.7 Å². The summed E-state index contributed by atoms with van der Waals surface area (Å²) in [4.78, 5) is 10.4. The van der Waals surface area contributed by atoms with E-state index < -0.39 is 10.7 Å². The van der Waals surface area contributed by atoms with Crippen molar-refractivity contribution in [1.29, 1.82) is 0 Å². The van der Waals surface area contributed by atoms with Gasteiger partial charge in [-0.2, -0.15) is 0 Å². The van der Waals surface area contributed by atoms with Gasteiger partial charge >= 0.3 is 5.69 Å². The lowest BCUT2D eigenvalue weighted by Crippen LogP contribution is -2.01. The molecule has 4 nitrogen and oxygen atoms in total. The first-order chi connectivity index (χ1) is 9.61. The number of alkyl halides is 1. The number of ether oxygens (including phenoxy) is 1. The molecule has 2 aromatic rings. The number of nitro benzene ring substituents is 1. The molecule has 0 N–H and O–H groups in total. The van der Waals surface area contributed by atoms with Crippen LogP contribution in [0.5, 0.6) is 5.75 Å². The highest BCUT2D eigenvalue weighted by molar-refractivity contribution is 9.08. The van der Waals surface area contributed by atoms with Gasteiger partial charge in [-0.15, -0.1) is 0 Å². The van der Waals surface area contributed by atoms with Crippen LogP contribution in [0.3, 0.4) is 0 Å². The van der Waals surface area contributed by atoms with Gasteiger partial charge in [0, 0.05) is 17.0 Å². The average molecular weight is 340 g/mol. The highest BCUT2D eigenvalue weighted by Crippen LogP contribution is 2.29. The Bertz CT molecular complexity index is 634. The molecule has 2 aromatic carbocycles. The number of nitro groups is 1. The average Bonchev–Trinajstić information content (AvgIpc) is 2.46. The van der Waals surface area contributed by atoms with Gasteiger partial charge in [0.15, 0.2) is 5.75 Å². The fourth-order valence-electron chi connectivity index (χ4n) is 1.68. The summed E-state index contributed by atoms with van der Waals surface area (Å²) in [6.07, 6.45) is 0. The standard InChI is InChI=1S/C14H11BrFNO3/c15-8-10-5-6-13(17(18)19)14(7-10)20-9-11-3-1-2-4-12(11)16/h1-7H,8-9H2. The molecule has 0 saturated heterocycles. The van der Waals surface area contributed by atoms with Crippen molar-refractivity contribution in [2.24, 2.45) is 0 Å². The number of halogens is 2. The third kappa shape index (κ3) is 3.33. The molecule has 0 bridgehead atoms. The van der Waals surface area contributed by atoms with Crippen LogP contribution in [-0.2, 0) is 11.9 Å². The summed E-state index contributed by atoms with van der Waals surface area (Å²) in [6.45, 7) is -0.0563. The van der Waals surface area contributed by atoms with Gasteiger partial charge in [0.25, 0.3) is 0 Å². The first kappa shape index (κ1) is 14.5. The lowest BCUT2D eigenvalue weighted by Gasteiger charge is -2.08. The molecule has 0 aliphatic rings. The topological polar surface area (TPSA) is 52.4 Å². The molecule has 0 aliphatic heterocycles. The molecule has 0 heterocycles. The second-order valence-corrected chi connectivity index (χ2v) is 4.63. The van der Waals surface area contributed by atoms with Crippen molar-refractivity contribution in [2.75, 3.05) is 0 Å². The fraction of sp³-hybridized carbons (Fsp3) is 0.143. The van der Waals surface area contributed by atoms with Gasteiger partial charge in [0.05, 0.1) is 4.92 Å². The van der Waals surface area contributed by atoms with E-state index in [2.05, 4.69) is 15.9 Å². The molecule has 0 atom stereocenters. The maximum Gasteiger partial charge on any atom is 0.310 e. The monoisotopic (exact) mass is 339 g/mol. The van der Waals surface area contributed by atoms with Crippen molar-refractivity contribution >= 4 is 21.6 Å². The Hall–Kier alpha value is -1.95. The number of benzene rings is 2. The summed E-state index contributed by atoms with van der Waals surface area (Å²) in [5.41, 5.74) is 1.07. The summed E-state index contributed by atoms with van der Waals surface area (Å²) in [5, 5.41) is 11.5. The van der Waals surface area contributed by atoms with Crippen LogP contribution in [-0.4, -0.2) is 4.92 Å². The quantitative estimate of drug-likeness (QED) is 0.465. The van der Waals surface area contributed by atoms with Gasteiger partial charge < -0.3 is 4.74 Å². The van der Waals surface area contributed by atoms with Crippen LogP contribution in [0.15, 0.2) is 42.5 Å². The molecular formula is C14H11BrFNO3. The smallest absolute Gasteiger partial charge is 0.310 e. The van der Waals surface area contributed by atoms with E-state index in [1.807, 2.05) is 0 Å². The van der Waals surface area contributed by atoms with E-state index in [9.17, 15) is 14.5 Å². The normalized spacial score (nSPS) is 10.3. The molecule has 0 unspecified atom stereocenters. The van der Waals surface area contributed by atoms with E-state index in [0.29, 0.717) is 10.9 Å². The van der Waals surface area contributed by atoms with Crippen LogP contribution in [0, 0.1) is 15.9 Å². The van der Waals surface area contributed by atoms with Crippen molar-refractivity contribution in [3.63, 3.8) is 0 Å². The van der Waals surface area contributed by atoms with Gasteiger partial charge in [0.1, 0.15) is 12.4 Å². The Morgan fingerprint density at radius 3 is 2.65 bits per heavy atom. The fourth-order valence-corrected chi connectivity index (χ4v) is 2.03. The zero-order valence-corrected chi connectivity index (χ0v) is 12.0. The summed E-state index contributed by atoms with van der Waals surface area (Å²) >= 11 is 3.28. The maximum absolute atomic E-state index is 13.5. The highest BCUT2D eigenvalue weighted by atomic mass is 79.9. The number of nitrogens with zero attached hydrogens (tertiary/aromatic N) is 1. The molecule has 20 heavy (non-hydrogen) atoms. The summed E-state index contributed by atoms with van der Waals surface area (Å²) in [7, 11) is 0. The Kier molecular flexibility index (Phi) is 4.68. The van der Waals surface area contributed by atoms with E-state index >= 15 is 0 Å². The molecule has 0 aliphatic carbocycles. The predicted molar refractivity (Wildman–Crippen MR) is 76.5 cm³/mol. The van der Waals surface area contributed by atoms with E-state index in [-0.39, 0.29) is 18.0 Å². The molecule has 104 valence electrons. The molecule has 0 amide bonds. The SMILES string of the molecule is O=[N+]([O-])c1ccc(CBr)cc1OCc1ccccc1F. The highest BCUT2D eigenvalue weighted by Gasteiger charge is 2.16. The molecule has 0 aromatic heterocycles. The second kappa shape index (κ2) is 6.47. The van der Waals surface area contributed by atoms with Crippen LogP contribution in [0.2, 0.25) is 0 Å². The Labute approximate surface area is 123 Å². The third-order valence-corrected chi connectivity index (χ3v) is 3.36. The minimum atomic E-state index is -0.519. The first-order valence-corrected chi connectivity index (χ1v) is 6.93.